The molecule has 1 aromatic heterocycles. The first-order valence-electron chi connectivity index (χ1n) is 4.71. The summed E-state index contributed by atoms with van der Waals surface area (Å²) in [6, 6.07) is 4.34. The zero-order valence-electron chi connectivity index (χ0n) is 8.69. The number of nitrogens with one attached hydrogen (secondary N) is 1. The molecule has 0 saturated heterocycles. The van der Waals surface area contributed by atoms with E-state index in [4.69, 9.17) is 5.11 Å². The lowest BCUT2D eigenvalue weighted by molar-refractivity contribution is -0.137. The van der Waals surface area contributed by atoms with E-state index < -0.39 is 23.5 Å². The zero-order valence-corrected chi connectivity index (χ0v) is 8.69. The van der Waals surface area contributed by atoms with Crippen LogP contribution in [0.4, 0.5) is 13.2 Å². The van der Waals surface area contributed by atoms with Crippen molar-refractivity contribution in [1.82, 2.24) is 15.2 Å². The molecule has 0 unspecified atom stereocenters. The van der Waals surface area contributed by atoms with Gasteiger partial charge < -0.3 is 5.11 Å². The van der Waals surface area contributed by atoms with Gasteiger partial charge in [0.2, 0.25) is 5.82 Å². The average molecular weight is 257 g/mol. The predicted molar refractivity (Wildman–Crippen MR) is 53.8 cm³/mol. The van der Waals surface area contributed by atoms with Gasteiger partial charge in [-0.05, 0) is 12.1 Å². The molecule has 1 heterocycles. The predicted octanol–water partition coefficient (Wildman–Crippen LogP) is 2.19. The van der Waals surface area contributed by atoms with Crippen LogP contribution in [-0.4, -0.2) is 26.3 Å². The first-order valence-corrected chi connectivity index (χ1v) is 4.71. The molecular weight excluding hydrogens is 251 g/mol. The number of hydrogen-bond acceptors (Lipinski definition) is 3. The molecule has 0 aliphatic heterocycles. The maximum atomic E-state index is 12.5. The Balaban J connectivity index is 2.41. The van der Waals surface area contributed by atoms with Crippen LogP contribution in [-0.2, 0) is 6.18 Å². The van der Waals surface area contributed by atoms with Crippen molar-refractivity contribution >= 4 is 5.97 Å². The van der Waals surface area contributed by atoms with E-state index in [9.17, 15) is 18.0 Å². The van der Waals surface area contributed by atoms with Gasteiger partial charge in [0.05, 0.1) is 5.56 Å². The highest BCUT2D eigenvalue weighted by atomic mass is 19.4. The third-order valence-electron chi connectivity index (χ3n) is 2.14. The van der Waals surface area contributed by atoms with Crippen molar-refractivity contribution in [2.24, 2.45) is 0 Å². The number of rotatable bonds is 2. The molecule has 0 saturated carbocycles. The average Bonchev–Trinajstić information content (AvgIpc) is 2.77. The Morgan fingerprint density at radius 1 is 1.33 bits per heavy atom. The summed E-state index contributed by atoms with van der Waals surface area (Å²) in [5.41, 5.74) is -0.754. The van der Waals surface area contributed by atoms with Gasteiger partial charge in [-0.3, -0.25) is 5.10 Å². The van der Waals surface area contributed by atoms with Crippen LogP contribution in [0.2, 0.25) is 0 Å². The molecule has 2 N–H and O–H groups in total. The molecule has 0 atom stereocenters. The first-order chi connectivity index (χ1) is 8.38. The molecule has 8 heteroatoms. The number of nitrogens with zero attached hydrogens (tertiary/aromatic N) is 2. The van der Waals surface area contributed by atoms with Gasteiger partial charge in [-0.2, -0.15) is 18.3 Å². The van der Waals surface area contributed by atoms with Gasteiger partial charge in [0.1, 0.15) is 0 Å². The molecule has 0 fully saturated rings. The molecule has 94 valence electrons. The molecular formula is C10H6F3N3O2. The van der Waals surface area contributed by atoms with Gasteiger partial charge in [-0.1, -0.05) is 12.1 Å². The van der Waals surface area contributed by atoms with E-state index in [1.165, 1.54) is 12.1 Å². The topological polar surface area (TPSA) is 78.9 Å². The highest BCUT2D eigenvalue weighted by Crippen LogP contribution is 2.31. The van der Waals surface area contributed by atoms with Crippen LogP contribution in [0.15, 0.2) is 24.3 Å². The molecule has 0 radical (unpaired) electrons. The Kier molecular flexibility index (Phi) is 2.77. The quantitative estimate of drug-likeness (QED) is 0.864. The van der Waals surface area contributed by atoms with Crippen LogP contribution < -0.4 is 0 Å². The molecule has 2 aromatic rings. The molecule has 0 aliphatic carbocycles. The van der Waals surface area contributed by atoms with Gasteiger partial charge in [0.15, 0.2) is 5.82 Å². The second-order valence-electron chi connectivity index (χ2n) is 3.39. The van der Waals surface area contributed by atoms with Crippen LogP contribution in [0, 0.1) is 0 Å². The smallest absolute Gasteiger partial charge is 0.416 e. The maximum absolute atomic E-state index is 12.5. The molecule has 5 nitrogen and oxygen atoms in total. The lowest BCUT2D eigenvalue weighted by Gasteiger charge is -2.06. The highest BCUT2D eigenvalue weighted by molar-refractivity contribution is 5.83. The van der Waals surface area contributed by atoms with Crippen molar-refractivity contribution < 1.29 is 23.1 Å². The fraction of sp³-hybridized carbons (Fsp3) is 0.100. The Hall–Kier alpha value is -2.38. The number of alkyl halides is 3. The fourth-order valence-electron chi connectivity index (χ4n) is 1.32. The van der Waals surface area contributed by atoms with Gasteiger partial charge in [-0.15, -0.1) is 0 Å². The van der Waals surface area contributed by atoms with Gasteiger partial charge in [0, 0.05) is 5.56 Å². The van der Waals surface area contributed by atoms with Crippen molar-refractivity contribution in [3.05, 3.63) is 35.7 Å². The fourth-order valence-corrected chi connectivity index (χ4v) is 1.32. The molecule has 1 aromatic carbocycles. The van der Waals surface area contributed by atoms with Crippen molar-refractivity contribution in [2.75, 3.05) is 0 Å². The molecule has 0 spiro atoms. The minimum absolute atomic E-state index is 0.0913. The van der Waals surface area contributed by atoms with Crippen LogP contribution in [0.5, 0.6) is 0 Å². The number of H-pyrrole nitrogens is 1. The summed E-state index contributed by atoms with van der Waals surface area (Å²) in [5, 5.41) is 14.3. The van der Waals surface area contributed by atoms with E-state index in [0.29, 0.717) is 0 Å². The summed E-state index contributed by atoms with van der Waals surface area (Å²) in [6.07, 6.45) is -4.47. The normalized spacial score (nSPS) is 11.5. The molecule has 18 heavy (non-hydrogen) atoms. The van der Waals surface area contributed by atoms with Crippen molar-refractivity contribution in [2.45, 2.75) is 6.18 Å². The number of carbonyl (C=O) groups is 1. The number of halogens is 3. The molecule has 2 rings (SSSR count). The first kappa shape index (κ1) is 12.1. The Morgan fingerprint density at radius 2 is 2.06 bits per heavy atom. The standard InChI is InChI=1S/C10H6F3N3O2/c11-10(12,13)6-3-1-2-5(4-6)7-14-8(9(17)18)16-15-7/h1-4H,(H,17,18)(H,14,15,16). The van der Waals surface area contributed by atoms with Crippen LogP contribution in [0.3, 0.4) is 0 Å². The molecule has 0 aliphatic rings. The lowest BCUT2D eigenvalue weighted by atomic mass is 10.1. The van der Waals surface area contributed by atoms with E-state index in [1.807, 2.05) is 0 Å². The second kappa shape index (κ2) is 4.13. The number of carboxylic acid groups (broad SMARTS) is 1. The summed E-state index contributed by atoms with van der Waals surface area (Å²) in [5.74, 6) is -1.86. The summed E-state index contributed by atoms with van der Waals surface area (Å²) in [6.45, 7) is 0. The summed E-state index contributed by atoms with van der Waals surface area (Å²) >= 11 is 0. The van der Waals surface area contributed by atoms with E-state index in [0.717, 1.165) is 12.1 Å². The molecule has 0 bridgehead atoms. The molecule has 0 amide bonds. The number of aromatic amines is 1. The largest absolute Gasteiger partial charge is 0.475 e. The monoisotopic (exact) mass is 257 g/mol. The lowest BCUT2D eigenvalue weighted by Crippen LogP contribution is -2.04. The number of aromatic nitrogens is 3. The zero-order chi connectivity index (χ0) is 13.3. The maximum Gasteiger partial charge on any atom is 0.416 e. The van der Waals surface area contributed by atoms with Crippen LogP contribution in [0.25, 0.3) is 11.4 Å². The van der Waals surface area contributed by atoms with E-state index in [2.05, 4.69) is 15.2 Å². The number of carboxylic acids is 1. The summed E-state index contributed by atoms with van der Waals surface area (Å²) in [7, 11) is 0. The van der Waals surface area contributed by atoms with Crippen LogP contribution in [0.1, 0.15) is 16.2 Å². The van der Waals surface area contributed by atoms with Crippen molar-refractivity contribution in [3.63, 3.8) is 0 Å². The third kappa shape index (κ3) is 2.31. The van der Waals surface area contributed by atoms with Crippen molar-refractivity contribution in [3.8, 4) is 11.4 Å². The Labute approximate surface area is 98.3 Å². The number of hydrogen-bond donors (Lipinski definition) is 2. The van der Waals surface area contributed by atoms with Crippen LogP contribution >= 0.6 is 0 Å². The number of benzene rings is 1. The third-order valence-corrected chi connectivity index (χ3v) is 2.14. The van der Waals surface area contributed by atoms with Crippen molar-refractivity contribution in [1.29, 1.82) is 0 Å². The van der Waals surface area contributed by atoms with Gasteiger partial charge in [0.25, 0.3) is 0 Å². The minimum atomic E-state index is -4.47. The second-order valence-corrected chi connectivity index (χ2v) is 3.39. The van der Waals surface area contributed by atoms with E-state index >= 15 is 0 Å². The van der Waals surface area contributed by atoms with Gasteiger partial charge >= 0.3 is 12.1 Å². The summed E-state index contributed by atoms with van der Waals surface area (Å²) < 4.78 is 37.4. The minimum Gasteiger partial charge on any atom is -0.475 e. The van der Waals surface area contributed by atoms with Gasteiger partial charge in [-0.25, -0.2) is 9.78 Å². The summed E-state index contributed by atoms with van der Waals surface area (Å²) in [4.78, 5) is 14.1. The van der Waals surface area contributed by atoms with E-state index in [1.54, 1.807) is 0 Å². The Morgan fingerprint density at radius 3 is 2.61 bits per heavy atom. The highest BCUT2D eigenvalue weighted by Gasteiger charge is 2.30. The Bertz CT molecular complexity index is 592. The number of aromatic carboxylic acids is 1. The van der Waals surface area contributed by atoms with E-state index in [-0.39, 0.29) is 11.4 Å². The SMILES string of the molecule is O=C(O)c1nc(-c2cccc(C(F)(F)F)c2)n[nH]1.